The second-order valence-corrected chi connectivity index (χ2v) is 5.82. The van der Waals surface area contributed by atoms with Crippen molar-refractivity contribution < 1.29 is 14.4 Å². The van der Waals surface area contributed by atoms with Gasteiger partial charge in [0.05, 0.1) is 17.3 Å². The number of benzene rings is 2. The quantitative estimate of drug-likeness (QED) is 0.429. The molecule has 7 nitrogen and oxygen atoms in total. The fraction of sp³-hybridized carbons (Fsp3) is 0.0526. The number of aromatic nitrogens is 1. The van der Waals surface area contributed by atoms with Crippen LogP contribution in [-0.2, 0) is 4.79 Å². The lowest BCUT2D eigenvalue weighted by atomic mass is 10.1. The Labute approximate surface area is 148 Å². The van der Waals surface area contributed by atoms with Crippen molar-refractivity contribution in [3.8, 4) is 0 Å². The van der Waals surface area contributed by atoms with Gasteiger partial charge in [0.25, 0.3) is 17.7 Å². The number of hydrogen-bond donors (Lipinski definition) is 2. The average molecular weight is 346 g/mol. The lowest BCUT2D eigenvalue weighted by Gasteiger charge is -2.11. The number of rotatable bonds is 4. The molecule has 0 fully saturated rings. The van der Waals surface area contributed by atoms with Crippen molar-refractivity contribution in [2.75, 3.05) is 6.54 Å². The number of carbonyl (C=O) groups excluding carboxylic acids is 3. The van der Waals surface area contributed by atoms with E-state index in [0.717, 1.165) is 21.4 Å². The molecule has 7 heteroatoms. The maximum atomic E-state index is 12.2. The minimum Gasteiger partial charge on any atom is -0.361 e. The molecule has 0 saturated heterocycles. The molecule has 2 N–H and O–H groups in total. The third kappa shape index (κ3) is 2.65. The van der Waals surface area contributed by atoms with Crippen LogP contribution in [0.5, 0.6) is 0 Å². The molecule has 0 saturated carbocycles. The summed E-state index contributed by atoms with van der Waals surface area (Å²) >= 11 is 0. The normalized spacial score (nSPS) is 13.6. The van der Waals surface area contributed by atoms with Crippen LogP contribution in [0.4, 0.5) is 0 Å². The van der Waals surface area contributed by atoms with Gasteiger partial charge >= 0.3 is 0 Å². The van der Waals surface area contributed by atoms with Crippen molar-refractivity contribution in [2.24, 2.45) is 5.10 Å². The van der Waals surface area contributed by atoms with Crippen molar-refractivity contribution in [1.29, 1.82) is 0 Å². The first-order valence-corrected chi connectivity index (χ1v) is 7.98. The van der Waals surface area contributed by atoms with E-state index in [1.165, 1.54) is 6.21 Å². The van der Waals surface area contributed by atoms with E-state index < -0.39 is 17.7 Å². The smallest absolute Gasteiger partial charge is 0.262 e. The first-order chi connectivity index (χ1) is 12.6. The number of aromatic amines is 1. The monoisotopic (exact) mass is 346 g/mol. The van der Waals surface area contributed by atoms with Gasteiger partial charge in [0.15, 0.2) is 0 Å². The summed E-state index contributed by atoms with van der Waals surface area (Å²) in [7, 11) is 0. The standard InChI is InChI=1S/C19H14N4O3/c24-17(11-23-18(25)14-6-1-2-7-15(14)19(23)26)22-21-10-12-9-20-16-8-4-3-5-13(12)16/h1-10,20H,11H2,(H,22,24)/b21-10-. The molecule has 128 valence electrons. The second-order valence-electron chi connectivity index (χ2n) is 5.82. The number of H-pyrrole nitrogens is 1. The molecule has 2 aromatic carbocycles. The summed E-state index contributed by atoms with van der Waals surface area (Å²) in [6.07, 6.45) is 3.30. The highest BCUT2D eigenvalue weighted by atomic mass is 16.2. The lowest BCUT2D eigenvalue weighted by molar-refractivity contribution is -0.121. The molecule has 2 heterocycles. The third-order valence-electron chi connectivity index (χ3n) is 4.19. The number of para-hydroxylation sites is 1. The van der Waals surface area contributed by atoms with Gasteiger partial charge < -0.3 is 4.98 Å². The van der Waals surface area contributed by atoms with Crippen molar-refractivity contribution >= 4 is 34.8 Å². The summed E-state index contributed by atoms with van der Waals surface area (Å²) in [5.74, 6) is -1.49. The van der Waals surface area contributed by atoms with E-state index in [4.69, 9.17) is 0 Å². The molecule has 0 radical (unpaired) electrons. The summed E-state index contributed by atoms with van der Waals surface area (Å²) in [5, 5.41) is 4.89. The molecule has 0 spiro atoms. The number of imide groups is 1. The van der Waals surface area contributed by atoms with Crippen molar-refractivity contribution in [1.82, 2.24) is 15.3 Å². The number of hydrogen-bond acceptors (Lipinski definition) is 4. The SMILES string of the molecule is O=C(CN1C(=O)c2ccccc2C1=O)N/N=C\c1c[nH]c2ccccc12. The van der Waals surface area contributed by atoms with E-state index in [0.29, 0.717) is 11.1 Å². The number of hydrazone groups is 1. The Morgan fingerprint density at radius 3 is 2.42 bits per heavy atom. The molecule has 3 aromatic rings. The molecule has 26 heavy (non-hydrogen) atoms. The number of nitrogens with one attached hydrogen (secondary N) is 2. The topological polar surface area (TPSA) is 94.6 Å². The highest BCUT2D eigenvalue weighted by Gasteiger charge is 2.36. The van der Waals surface area contributed by atoms with Crippen LogP contribution >= 0.6 is 0 Å². The Hall–Kier alpha value is -3.74. The Morgan fingerprint density at radius 1 is 1.04 bits per heavy atom. The summed E-state index contributed by atoms with van der Waals surface area (Å²) in [4.78, 5) is 40.5. The lowest BCUT2D eigenvalue weighted by Crippen LogP contribution is -2.38. The maximum Gasteiger partial charge on any atom is 0.262 e. The van der Waals surface area contributed by atoms with E-state index in [1.54, 1.807) is 30.5 Å². The molecule has 1 aliphatic rings. The highest BCUT2D eigenvalue weighted by Crippen LogP contribution is 2.21. The molecule has 0 bridgehead atoms. The van der Waals surface area contributed by atoms with Crippen molar-refractivity contribution in [3.05, 3.63) is 71.4 Å². The zero-order valence-corrected chi connectivity index (χ0v) is 13.6. The zero-order chi connectivity index (χ0) is 18.1. The van der Waals surface area contributed by atoms with E-state index in [1.807, 2.05) is 24.3 Å². The predicted molar refractivity (Wildman–Crippen MR) is 95.8 cm³/mol. The van der Waals surface area contributed by atoms with Gasteiger partial charge in [0.1, 0.15) is 6.54 Å². The Morgan fingerprint density at radius 2 is 1.69 bits per heavy atom. The molecule has 0 atom stereocenters. The van der Waals surface area contributed by atoms with Crippen LogP contribution in [0.25, 0.3) is 10.9 Å². The van der Waals surface area contributed by atoms with E-state index in [2.05, 4.69) is 15.5 Å². The van der Waals surface area contributed by atoms with Gasteiger partial charge in [-0.2, -0.15) is 5.10 Å². The number of carbonyl (C=O) groups is 3. The minimum atomic E-state index is -0.546. The zero-order valence-electron chi connectivity index (χ0n) is 13.6. The van der Waals surface area contributed by atoms with Crippen LogP contribution in [0.2, 0.25) is 0 Å². The Balaban J connectivity index is 1.42. The van der Waals surface area contributed by atoms with Crippen LogP contribution in [0, 0.1) is 0 Å². The third-order valence-corrected chi connectivity index (χ3v) is 4.19. The molecule has 3 amide bonds. The number of amides is 3. The van der Waals surface area contributed by atoms with Gasteiger partial charge in [-0.25, -0.2) is 5.43 Å². The molecule has 4 rings (SSSR count). The first-order valence-electron chi connectivity index (χ1n) is 7.98. The Bertz CT molecular complexity index is 1030. The van der Waals surface area contributed by atoms with Crippen LogP contribution in [-0.4, -0.2) is 40.4 Å². The largest absolute Gasteiger partial charge is 0.361 e. The molecule has 1 aliphatic heterocycles. The van der Waals surface area contributed by atoms with Gasteiger partial charge in [-0.3, -0.25) is 19.3 Å². The van der Waals surface area contributed by atoms with Gasteiger partial charge in [-0.15, -0.1) is 0 Å². The fourth-order valence-electron chi connectivity index (χ4n) is 2.94. The molecule has 0 aliphatic carbocycles. The molecule has 0 unspecified atom stereocenters. The first kappa shape index (κ1) is 15.8. The van der Waals surface area contributed by atoms with Crippen LogP contribution in [0.1, 0.15) is 26.3 Å². The summed E-state index contributed by atoms with van der Waals surface area (Å²) < 4.78 is 0. The maximum absolute atomic E-state index is 12.2. The van der Waals surface area contributed by atoms with Crippen molar-refractivity contribution in [3.63, 3.8) is 0 Å². The molecular formula is C19H14N4O3. The molecule has 1 aromatic heterocycles. The highest BCUT2D eigenvalue weighted by molar-refractivity contribution is 6.22. The Kier molecular flexibility index (Phi) is 3.81. The van der Waals surface area contributed by atoms with Gasteiger partial charge in [0.2, 0.25) is 0 Å². The number of fused-ring (bicyclic) bond motifs is 2. The average Bonchev–Trinajstić information content (AvgIpc) is 3.17. The predicted octanol–water partition coefficient (Wildman–Crippen LogP) is 1.91. The minimum absolute atomic E-state index is 0.313. The second kappa shape index (κ2) is 6.29. The van der Waals surface area contributed by atoms with E-state index >= 15 is 0 Å². The number of nitrogens with zero attached hydrogens (tertiary/aromatic N) is 2. The van der Waals surface area contributed by atoms with Gasteiger partial charge in [-0.05, 0) is 18.2 Å². The summed E-state index contributed by atoms with van der Waals surface area (Å²) in [6, 6.07) is 14.2. The van der Waals surface area contributed by atoms with Crippen molar-refractivity contribution in [2.45, 2.75) is 0 Å². The van der Waals surface area contributed by atoms with E-state index in [-0.39, 0.29) is 6.54 Å². The van der Waals surface area contributed by atoms with Gasteiger partial charge in [0, 0.05) is 22.7 Å². The van der Waals surface area contributed by atoms with Gasteiger partial charge in [-0.1, -0.05) is 30.3 Å². The summed E-state index contributed by atoms with van der Waals surface area (Å²) in [5.41, 5.74) is 4.76. The van der Waals surface area contributed by atoms with Crippen LogP contribution < -0.4 is 5.43 Å². The van der Waals surface area contributed by atoms with Crippen LogP contribution in [0.3, 0.4) is 0 Å². The van der Waals surface area contributed by atoms with Crippen LogP contribution in [0.15, 0.2) is 59.8 Å². The molecular weight excluding hydrogens is 332 g/mol. The van der Waals surface area contributed by atoms with E-state index in [9.17, 15) is 14.4 Å². The summed E-state index contributed by atoms with van der Waals surface area (Å²) in [6.45, 7) is -0.377. The fourth-order valence-corrected chi connectivity index (χ4v) is 2.94.